The molecule has 1 amide bonds. The molecule has 0 spiro atoms. The lowest BCUT2D eigenvalue weighted by Crippen LogP contribution is -2.61. The summed E-state index contributed by atoms with van der Waals surface area (Å²) in [5.41, 5.74) is 1.07. The first-order valence-corrected chi connectivity index (χ1v) is 28.0. The molecular weight excluding hydrogens is 1020 g/mol. The smallest absolute Gasteiger partial charge is 0.411 e. The number of alkyl halides is 3. The summed E-state index contributed by atoms with van der Waals surface area (Å²) in [6, 6.07) is -1.22. The van der Waals surface area contributed by atoms with Gasteiger partial charge >= 0.3 is 12.1 Å². The first-order valence-electron chi connectivity index (χ1n) is 28.0. The van der Waals surface area contributed by atoms with Crippen LogP contribution in [0.3, 0.4) is 0 Å². The van der Waals surface area contributed by atoms with Crippen LogP contribution in [0, 0.1) is 35.5 Å². The molecule has 4 aliphatic rings. The number of hydrogen-bond donors (Lipinski definition) is 3. The molecule has 444 valence electrons. The van der Waals surface area contributed by atoms with Gasteiger partial charge in [0.05, 0.1) is 64.1 Å². The summed E-state index contributed by atoms with van der Waals surface area (Å²) in [5.74, 6) is -8.80. The first kappa shape index (κ1) is 66.8. The van der Waals surface area contributed by atoms with Crippen molar-refractivity contribution in [2.24, 2.45) is 35.5 Å². The number of hydrogen-bond acceptors (Lipinski definition) is 16. The van der Waals surface area contributed by atoms with Crippen molar-refractivity contribution < 1.29 is 90.4 Å². The maximum atomic E-state index is 14.6. The molecule has 15 atom stereocenters. The summed E-state index contributed by atoms with van der Waals surface area (Å²) in [5, 5.41) is 33.1. The van der Waals surface area contributed by atoms with Gasteiger partial charge in [0.25, 0.3) is 11.7 Å². The maximum Gasteiger partial charge on any atom is 0.411 e. The number of allylic oxidation sites excluding steroid dienone is 6. The molecule has 3 aliphatic heterocycles. The summed E-state index contributed by atoms with van der Waals surface area (Å²) in [7, 11) is 2.96. The van der Waals surface area contributed by atoms with Gasteiger partial charge in [0.2, 0.25) is 5.79 Å². The van der Waals surface area contributed by atoms with Crippen LogP contribution >= 0.6 is 0 Å². The molecule has 2 saturated heterocycles. The second kappa shape index (κ2) is 32.7. The average Bonchev–Trinajstić information content (AvgIpc) is 3.40. The van der Waals surface area contributed by atoms with Gasteiger partial charge in [0.1, 0.15) is 36.7 Å². The zero-order chi connectivity index (χ0) is 57.7. The van der Waals surface area contributed by atoms with E-state index in [0.29, 0.717) is 56.9 Å². The van der Waals surface area contributed by atoms with Gasteiger partial charge in [-0.2, -0.15) is 13.2 Å². The van der Waals surface area contributed by atoms with Crippen molar-refractivity contribution >= 4 is 29.2 Å². The van der Waals surface area contributed by atoms with Gasteiger partial charge in [-0.25, -0.2) is 4.79 Å². The minimum absolute atomic E-state index is 0.0165. The molecule has 0 aromatic rings. The molecule has 0 aromatic heterocycles. The highest BCUT2D eigenvalue weighted by atomic mass is 19.4. The summed E-state index contributed by atoms with van der Waals surface area (Å²) in [6.07, 6.45) is 5.60. The molecule has 78 heavy (non-hydrogen) atoms. The van der Waals surface area contributed by atoms with E-state index in [-0.39, 0.29) is 107 Å². The Bertz CT molecular complexity index is 2050. The third-order valence-electron chi connectivity index (χ3n) is 15.8. The van der Waals surface area contributed by atoms with Gasteiger partial charge < -0.3 is 58.1 Å². The van der Waals surface area contributed by atoms with E-state index >= 15 is 0 Å². The maximum absolute atomic E-state index is 14.6. The predicted octanol–water partition coefficient (Wildman–Crippen LogP) is 7.16. The van der Waals surface area contributed by atoms with Crippen LogP contribution in [0.2, 0.25) is 0 Å². The highest BCUT2D eigenvalue weighted by Crippen LogP contribution is 2.38. The Kier molecular flexibility index (Phi) is 28.0. The van der Waals surface area contributed by atoms with E-state index in [0.717, 1.165) is 16.9 Å². The molecule has 3 fully saturated rings. The molecule has 2 bridgehead atoms. The van der Waals surface area contributed by atoms with E-state index in [2.05, 4.69) is 4.74 Å². The van der Waals surface area contributed by atoms with Gasteiger partial charge in [0.15, 0.2) is 5.78 Å². The predicted molar refractivity (Wildman–Crippen MR) is 283 cm³/mol. The zero-order valence-electron chi connectivity index (χ0n) is 47.4. The summed E-state index contributed by atoms with van der Waals surface area (Å²) >= 11 is 0. The number of ether oxygens (including phenoxy) is 8. The Morgan fingerprint density at radius 2 is 1.54 bits per heavy atom. The number of methoxy groups -OCH3 is 2. The van der Waals surface area contributed by atoms with Gasteiger partial charge in [0, 0.05) is 51.4 Å². The fourth-order valence-corrected chi connectivity index (χ4v) is 11.1. The Balaban J connectivity index is 1.68. The number of piperidine rings is 1. The van der Waals surface area contributed by atoms with Gasteiger partial charge in [-0.15, -0.1) is 0 Å². The highest BCUT2D eigenvalue weighted by Gasteiger charge is 2.53. The number of halogens is 3. The van der Waals surface area contributed by atoms with Gasteiger partial charge in [-0.05, 0) is 107 Å². The molecule has 0 aromatic carbocycles. The first-order chi connectivity index (χ1) is 36.9. The standard InChI is InChI=1S/C58H90F3NO16/c1-36-15-11-10-12-16-37(2)48(76-28-27-73-25-26-74-35-57(59,60)61)33-44-20-18-42(7)58(70,78-44)54(67)55(68)62-22-14-13-17-45(62)56(69)77-49(39(4)31-43-19-21-47(75-24-23-63)50(32-43)71-8)34-46(64)38(3)30-41(6)52(66)53(72-9)51(65)40(5)29-36/h10-12,15-16,30,36,38-40,42-45,47-50,52-53,63,66,70H,13-14,17-29,31-35H2,1-9H3/b12-10+,15-11+,37-16+,41-30+/t36-,38-,39-,40-,42-,43+,44+,45+,47-,48-,49+,50-,52-,53?,58-/m1/s1. The Morgan fingerprint density at radius 1 is 0.821 bits per heavy atom. The number of fused-ring (bicyclic) bond motifs is 3. The summed E-state index contributed by atoms with van der Waals surface area (Å²) in [4.78, 5) is 72.8. The number of carbonyl (C=O) groups is 5. The Hall–Kier alpha value is -3.70. The van der Waals surface area contributed by atoms with Crippen molar-refractivity contribution in [3.63, 3.8) is 0 Å². The molecule has 1 aliphatic carbocycles. The average molecular weight is 1110 g/mol. The normalized spacial score (nSPS) is 35.9. The number of nitrogens with zero attached hydrogens (tertiary/aromatic N) is 1. The fraction of sp³-hybridized carbons (Fsp3) is 0.776. The molecule has 20 heteroatoms. The number of rotatable bonds is 16. The van der Waals surface area contributed by atoms with Crippen molar-refractivity contribution in [1.29, 1.82) is 0 Å². The quantitative estimate of drug-likeness (QED) is 0.0604. The van der Waals surface area contributed by atoms with Gasteiger partial charge in [-0.1, -0.05) is 71.1 Å². The lowest BCUT2D eigenvalue weighted by molar-refractivity contribution is -0.266. The second-order valence-corrected chi connectivity index (χ2v) is 22.1. The summed E-state index contributed by atoms with van der Waals surface area (Å²) in [6.45, 7) is 10.7. The molecule has 1 saturated carbocycles. The number of Topliss-reactive ketones (excluding diaryl/α,β-unsaturated/α-hetero) is 3. The van der Waals surface area contributed by atoms with Crippen LogP contribution < -0.4 is 0 Å². The van der Waals surface area contributed by atoms with Crippen LogP contribution in [0.4, 0.5) is 13.2 Å². The van der Waals surface area contributed by atoms with Crippen LogP contribution in [0.1, 0.15) is 126 Å². The van der Waals surface area contributed by atoms with E-state index in [1.54, 1.807) is 53.0 Å². The van der Waals surface area contributed by atoms with Crippen molar-refractivity contribution in [3.05, 3.63) is 47.6 Å². The topological polar surface area (TPSA) is 223 Å². The van der Waals surface area contributed by atoms with Crippen molar-refractivity contribution in [2.45, 2.75) is 186 Å². The van der Waals surface area contributed by atoms with Crippen molar-refractivity contribution in [3.8, 4) is 0 Å². The van der Waals surface area contributed by atoms with Crippen molar-refractivity contribution in [1.82, 2.24) is 4.90 Å². The zero-order valence-corrected chi connectivity index (χ0v) is 47.4. The van der Waals surface area contributed by atoms with E-state index in [1.807, 2.05) is 39.0 Å². The number of ketones is 3. The third kappa shape index (κ3) is 20.4. The van der Waals surface area contributed by atoms with Crippen LogP contribution in [0.15, 0.2) is 47.6 Å². The minimum Gasteiger partial charge on any atom is -0.460 e. The fourth-order valence-electron chi connectivity index (χ4n) is 11.1. The van der Waals surface area contributed by atoms with Crippen LogP contribution in [-0.2, 0) is 61.9 Å². The largest absolute Gasteiger partial charge is 0.460 e. The highest BCUT2D eigenvalue weighted by molar-refractivity contribution is 6.39. The van der Waals surface area contributed by atoms with E-state index in [1.165, 1.54) is 7.11 Å². The number of cyclic esters (lactones) is 1. The third-order valence-corrected chi connectivity index (χ3v) is 15.8. The number of aliphatic hydroxyl groups excluding tert-OH is 2. The number of carbonyl (C=O) groups excluding carboxylic acids is 5. The summed E-state index contributed by atoms with van der Waals surface area (Å²) < 4.78 is 83.7. The molecule has 0 radical (unpaired) electrons. The Labute approximate surface area is 459 Å². The minimum atomic E-state index is -4.46. The lowest BCUT2D eigenvalue weighted by Gasteiger charge is -2.43. The molecule has 4 rings (SSSR count). The van der Waals surface area contributed by atoms with Gasteiger partial charge in [-0.3, -0.25) is 19.2 Å². The van der Waals surface area contributed by atoms with E-state index < -0.39 is 90.5 Å². The molecule has 3 N–H and O–H groups in total. The number of aliphatic hydroxyl groups is 3. The van der Waals surface area contributed by atoms with Crippen LogP contribution in [0.5, 0.6) is 0 Å². The molecule has 17 nitrogen and oxygen atoms in total. The number of amides is 1. The van der Waals surface area contributed by atoms with E-state index in [4.69, 9.17) is 33.2 Å². The molecule has 1 unspecified atom stereocenters. The van der Waals surface area contributed by atoms with Crippen LogP contribution in [0.25, 0.3) is 0 Å². The Morgan fingerprint density at radius 3 is 2.23 bits per heavy atom. The van der Waals surface area contributed by atoms with Crippen LogP contribution in [-0.4, -0.2) is 177 Å². The number of esters is 1. The molecular formula is C58H90F3NO16. The van der Waals surface area contributed by atoms with E-state index in [9.17, 15) is 52.5 Å². The molecule has 3 heterocycles. The second-order valence-electron chi connectivity index (χ2n) is 22.1. The van der Waals surface area contributed by atoms with Crippen molar-refractivity contribution in [2.75, 3.05) is 67.0 Å². The SMILES string of the molecule is COC1C(=O)[C@H](C)C[C@H](C)/C=C/C=C/C=C(\C)[C@H](OCCOCCOCC(F)(F)F)C[C@@H]2CC[C@@H](C)[C@@](O)(O2)C(=O)C(=O)N2CCCC[C@H]2C(=O)O[C@H]([C@H](C)C[C@@H]2CC[C@@H](OCCO)[C@H](OC)C2)CC(=O)[C@H](C)/C=C(\C)[C@H]1O. The lowest BCUT2D eigenvalue weighted by atomic mass is 9.78. The monoisotopic (exact) mass is 1110 g/mol.